The summed E-state index contributed by atoms with van der Waals surface area (Å²) in [6.45, 7) is 6.75. The summed E-state index contributed by atoms with van der Waals surface area (Å²) in [7, 11) is 0. The van der Waals surface area contributed by atoms with E-state index in [9.17, 15) is 0 Å². The number of anilines is 2. The fraction of sp³-hybridized carbons (Fsp3) is 0.294. The molecule has 0 bridgehead atoms. The molecule has 2 aromatic carbocycles. The summed E-state index contributed by atoms with van der Waals surface area (Å²) in [6.07, 6.45) is 0. The first-order valence-electron chi connectivity index (χ1n) is 6.81. The van der Waals surface area contributed by atoms with E-state index in [0.29, 0.717) is 5.41 Å². The molecule has 1 fully saturated rings. The molecule has 2 aromatic rings. The van der Waals surface area contributed by atoms with Gasteiger partial charge in [0.25, 0.3) is 0 Å². The van der Waals surface area contributed by atoms with Crippen molar-refractivity contribution in [2.45, 2.75) is 13.8 Å². The number of hydrazine groups is 1. The Balaban J connectivity index is 1.97. The topological polar surface area (TPSA) is 6.48 Å². The lowest BCUT2D eigenvalue weighted by molar-refractivity contribution is 0.449. The van der Waals surface area contributed by atoms with E-state index < -0.39 is 0 Å². The standard InChI is InChI=1S/C17H20N2/c1-17(2)13-18(15-9-5-3-6-10-15)19(14-17)16-11-7-4-8-12-16/h3-12H,13-14H2,1-2H3. The second-order valence-electron chi connectivity index (χ2n) is 5.95. The Morgan fingerprint density at radius 3 is 1.42 bits per heavy atom. The maximum atomic E-state index is 2.38. The molecule has 0 radical (unpaired) electrons. The maximum absolute atomic E-state index is 2.38. The average molecular weight is 252 g/mol. The van der Waals surface area contributed by atoms with Crippen LogP contribution in [-0.4, -0.2) is 13.1 Å². The summed E-state index contributed by atoms with van der Waals surface area (Å²) >= 11 is 0. The van der Waals surface area contributed by atoms with Crippen LogP contribution in [-0.2, 0) is 0 Å². The minimum atomic E-state index is 0.297. The third-order valence-corrected chi connectivity index (χ3v) is 3.56. The summed E-state index contributed by atoms with van der Waals surface area (Å²) in [5, 5.41) is 4.77. The van der Waals surface area contributed by atoms with Crippen molar-refractivity contribution in [2.75, 3.05) is 23.1 Å². The Hall–Kier alpha value is -1.96. The normalized spacial score (nSPS) is 17.8. The van der Waals surface area contributed by atoms with Gasteiger partial charge in [-0.05, 0) is 24.3 Å². The van der Waals surface area contributed by atoms with Gasteiger partial charge in [-0.2, -0.15) is 0 Å². The van der Waals surface area contributed by atoms with Gasteiger partial charge in [0.1, 0.15) is 0 Å². The van der Waals surface area contributed by atoms with Crippen LogP contribution in [0.2, 0.25) is 0 Å². The molecule has 0 aliphatic carbocycles. The van der Waals surface area contributed by atoms with Crippen LogP contribution in [0.1, 0.15) is 13.8 Å². The lowest BCUT2D eigenvalue weighted by atomic mass is 9.95. The highest BCUT2D eigenvalue weighted by Crippen LogP contribution is 2.35. The number of hydrogen-bond donors (Lipinski definition) is 0. The number of benzene rings is 2. The van der Waals surface area contributed by atoms with Crippen LogP contribution in [0.3, 0.4) is 0 Å². The molecule has 0 unspecified atom stereocenters. The van der Waals surface area contributed by atoms with Crippen LogP contribution in [0.5, 0.6) is 0 Å². The molecule has 2 nitrogen and oxygen atoms in total. The molecule has 2 heteroatoms. The van der Waals surface area contributed by atoms with Gasteiger partial charge in [0.05, 0.1) is 11.4 Å². The van der Waals surface area contributed by atoms with Crippen molar-refractivity contribution in [3.63, 3.8) is 0 Å². The summed E-state index contributed by atoms with van der Waals surface area (Å²) in [5.41, 5.74) is 2.82. The molecule has 3 rings (SSSR count). The van der Waals surface area contributed by atoms with Crippen LogP contribution in [0, 0.1) is 5.41 Å². The SMILES string of the molecule is CC1(C)CN(c2ccccc2)N(c2ccccc2)C1. The van der Waals surface area contributed by atoms with Crippen LogP contribution < -0.4 is 10.0 Å². The van der Waals surface area contributed by atoms with Gasteiger partial charge in [-0.3, -0.25) is 10.0 Å². The lowest BCUT2D eigenvalue weighted by Gasteiger charge is -2.31. The summed E-state index contributed by atoms with van der Waals surface area (Å²) in [6, 6.07) is 21.2. The first-order valence-corrected chi connectivity index (χ1v) is 6.81. The Bertz CT molecular complexity index is 484. The van der Waals surface area contributed by atoms with Gasteiger partial charge < -0.3 is 0 Å². The van der Waals surface area contributed by atoms with E-state index in [1.807, 2.05) is 0 Å². The molecule has 0 saturated carbocycles. The molecule has 19 heavy (non-hydrogen) atoms. The minimum absolute atomic E-state index is 0.297. The fourth-order valence-corrected chi connectivity index (χ4v) is 2.69. The predicted molar refractivity (Wildman–Crippen MR) is 81.4 cm³/mol. The van der Waals surface area contributed by atoms with Crippen molar-refractivity contribution >= 4 is 11.4 Å². The van der Waals surface area contributed by atoms with Crippen molar-refractivity contribution in [2.24, 2.45) is 5.41 Å². The Kier molecular flexibility index (Phi) is 2.94. The molecular formula is C17H20N2. The zero-order valence-corrected chi connectivity index (χ0v) is 11.6. The van der Waals surface area contributed by atoms with Crippen molar-refractivity contribution in [3.8, 4) is 0 Å². The van der Waals surface area contributed by atoms with Gasteiger partial charge in [0, 0.05) is 18.5 Å². The molecule has 98 valence electrons. The second-order valence-corrected chi connectivity index (χ2v) is 5.95. The summed E-state index contributed by atoms with van der Waals surface area (Å²) in [5.74, 6) is 0. The highest BCUT2D eigenvalue weighted by Gasteiger charge is 2.36. The molecule has 1 heterocycles. The first-order chi connectivity index (χ1) is 9.16. The molecular weight excluding hydrogens is 232 g/mol. The van der Waals surface area contributed by atoms with E-state index in [2.05, 4.69) is 84.5 Å². The van der Waals surface area contributed by atoms with Crippen LogP contribution in [0.25, 0.3) is 0 Å². The Morgan fingerprint density at radius 1 is 0.684 bits per heavy atom. The van der Waals surface area contributed by atoms with Crippen molar-refractivity contribution in [3.05, 3.63) is 60.7 Å². The molecule has 1 saturated heterocycles. The Labute approximate surface area is 115 Å². The van der Waals surface area contributed by atoms with Crippen molar-refractivity contribution < 1.29 is 0 Å². The highest BCUT2D eigenvalue weighted by atomic mass is 15.7. The van der Waals surface area contributed by atoms with E-state index in [-0.39, 0.29) is 0 Å². The highest BCUT2D eigenvalue weighted by molar-refractivity contribution is 5.59. The first kappa shape index (κ1) is 12.1. The zero-order valence-electron chi connectivity index (χ0n) is 11.6. The molecule has 0 spiro atoms. The third-order valence-electron chi connectivity index (χ3n) is 3.56. The van der Waals surface area contributed by atoms with Gasteiger partial charge in [0.15, 0.2) is 0 Å². The number of hydrogen-bond acceptors (Lipinski definition) is 2. The van der Waals surface area contributed by atoms with E-state index >= 15 is 0 Å². The van der Waals surface area contributed by atoms with Gasteiger partial charge in [0.2, 0.25) is 0 Å². The van der Waals surface area contributed by atoms with Gasteiger partial charge in [-0.15, -0.1) is 0 Å². The zero-order chi connectivity index (χ0) is 13.3. The molecule has 0 amide bonds. The summed E-state index contributed by atoms with van der Waals surface area (Å²) in [4.78, 5) is 0. The smallest absolute Gasteiger partial charge is 0.0574 e. The monoisotopic (exact) mass is 252 g/mol. The maximum Gasteiger partial charge on any atom is 0.0574 e. The van der Waals surface area contributed by atoms with E-state index in [1.54, 1.807) is 0 Å². The van der Waals surface area contributed by atoms with E-state index in [0.717, 1.165) is 13.1 Å². The van der Waals surface area contributed by atoms with Crippen LogP contribution in [0.15, 0.2) is 60.7 Å². The molecule has 1 aliphatic heterocycles. The van der Waals surface area contributed by atoms with Gasteiger partial charge in [-0.25, -0.2) is 0 Å². The molecule has 0 aromatic heterocycles. The number of nitrogens with zero attached hydrogens (tertiary/aromatic N) is 2. The van der Waals surface area contributed by atoms with Crippen molar-refractivity contribution in [1.29, 1.82) is 0 Å². The summed E-state index contributed by atoms with van der Waals surface area (Å²) < 4.78 is 0. The van der Waals surface area contributed by atoms with Gasteiger partial charge in [-0.1, -0.05) is 50.2 Å². The van der Waals surface area contributed by atoms with Crippen LogP contribution in [0.4, 0.5) is 11.4 Å². The fourth-order valence-electron chi connectivity index (χ4n) is 2.69. The van der Waals surface area contributed by atoms with Gasteiger partial charge >= 0.3 is 0 Å². The predicted octanol–water partition coefficient (Wildman–Crippen LogP) is 3.95. The van der Waals surface area contributed by atoms with E-state index in [4.69, 9.17) is 0 Å². The molecule has 0 atom stereocenters. The number of para-hydroxylation sites is 2. The lowest BCUT2D eigenvalue weighted by Crippen LogP contribution is -2.36. The largest absolute Gasteiger partial charge is 0.285 e. The molecule has 1 aliphatic rings. The molecule has 0 N–H and O–H groups in total. The Morgan fingerprint density at radius 2 is 1.05 bits per heavy atom. The van der Waals surface area contributed by atoms with Crippen molar-refractivity contribution in [1.82, 2.24) is 0 Å². The number of rotatable bonds is 2. The quantitative estimate of drug-likeness (QED) is 0.798. The third kappa shape index (κ3) is 2.43. The minimum Gasteiger partial charge on any atom is -0.285 e. The average Bonchev–Trinajstić information content (AvgIpc) is 2.77. The second kappa shape index (κ2) is 4.61. The van der Waals surface area contributed by atoms with E-state index in [1.165, 1.54) is 11.4 Å². The van der Waals surface area contributed by atoms with Crippen LogP contribution >= 0.6 is 0 Å².